The number of rotatable bonds is 5. The van der Waals surface area contributed by atoms with Gasteiger partial charge in [-0.05, 0) is 23.3 Å². The van der Waals surface area contributed by atoms with Crippen molar-refractivity contribution >= 4 is 5.91 Å². The van der Waals surface area contributed by atoms with Crippen LogP contribution in [-0.2, 0) is 0 Å². The third kappa shape index (κ3) is 5.40. The van der Waals surface area contributed by atoms with Crippen LogP contribution >= 0.6 is 0 Å². The van der Waals surface area contributed by atoms with Crippen LogP contribution in [0.3, 0.4) is 0 Å². The number of amides is 1. The molecule has 0 aliphatic carbocycles. The second-order valence-corrected chi connectivity index (χ2v) is 7.48. The fraction of sp³-hybridized carbons (Fsp3) is 0.296. The van der Waals surface area contributed by atoms with E-state index in [1.54, 1.807) is 24.5 Å². The fourth-order valence-corrected chi connectivity index (χ4v) is 4.20. The van der Waals surface area contributed by atoms with Crippen molar-refractivity contribution in [3.63, 3.8) is 0 Å². The first kappa shape index (κ1) is 23.2. The van der Waals surface area contributed by atoms with E-state index < -0.39 is 0 Å². The molecule has 164 valence electrons. The first-order chi connectivity index (χ1) is 15.8. The Morgan fingerprint density at radius 3 is 2.16 bits per heavy atom. The largest absolute Gasteiger partial charge is 0.332 e. The van der Waals surface area contributed by atoms with Crippen LogP contribution in [0.4, 0.5) is 0 Å². The molecular weight excluding hydrogens is 396 g/mol. The van der Waals surface area contributed by atoms with E-state index in [4.69, 9.17) is 0 Å². The van der Waals surface area contributed by atoms with Gasteiger partial charge in [-0.25, -0.2) is 0 Å². The van der Waals surface area contributed by atoms with E-state index in [2.05, 4.69) is 64.5 Å². The number of pyridine rings is 1. The molecule has 0 spiro atoms. The molecule has 2 heterocycles. The van der Waals surface area contributed by atoms with Gasteiger partial charge in [-0.2, -0.15) is 5.26 Å². The number of hydrogen-bond acceptors (Lipinski definition) is 4. The highest BCUT2D eigenvalue weighted by molar-refractivity contribution is 5.94. The van der Waals surface area contributed by atoms with Crippen LogP contribution < -0.4 is 0 Å². The van der Waals surface area contributed by atoms with Crippen molar-refractivity contribution in [3.05, 3.63) is 102 Å². The quantitative estimate of drug-likeness (QED) is 0.580. The topological polar surface area (TPSA) is 60.2 Å². The zero-order valence-corrected chi connectivity index (χ0v) is 18.8. The van der Waals surface area contributed by atoms with Crippen LogP contribution in [-0.4, -0.2) is 46.4 Å². The molecular formula is C27H30N4O. The normalized spacial score (nSPS) is 16.1. The van der Waals surface area contributed by atoms with Crippen molar-refractivity contribution in [2.24, 2.45) is 0 Å². The van der Waals surface area contributed by atoms with Gasteiger partial charge >= 0.3 is 0 Å². The summed E-state index contributed by atoms with van der Waals surface area (Å²) in [5.41, 5.74) is 2.99. The standard InChI is InChI=1S/C25H24N4O.C2H6/c26-14-13-23-19-28(16-17-29(23)25(30)22-12-7-15-27-18-22)24(20-8-3-1-4-9-20)21-10-5-2-6-11-21;1-2/h1-12,15,18,23-24H,13,16-17,19H2;1-2H3. The average molecular weight is 427 g/mol. The van der Waals surface area contributed by atoms with Crippen molar-refractivity contribution < 1.29 is 4.79 Å². The van der Waals surface area contributed by atoms with Crippen molar-refractivity contribution in [2.45, 2.75) is 32.4 Å². The summed E-state index contributed by atoms with van der Waals surface area (Å²) >= 11 is 0. The van der Waals surface area contributed by atoms with Gasteiger partial charge < -0.3 is 4.90 Å². The summed E-state index contributed by atoms with van der Waals surface area (Å²) in [4.78, 5) is 21.4. The lowest BCUT2D eigenvalue weighted by Crippen LogP contribution is -2.55. The molecule has 0 N–H and O–H groups in total. The predicted molar refractivity (Wildman–Crippen MR) is 127 cm³/mol. The molecule has 5 heteroatoms. The molecule has 1 aliphatic heterocycles. The molecule has 1 amide bonds. The molecule has 1 aromatic heterocycles. The smallest absolute Gasteiger partial charge is 0.255 e. The van der Waals surface area contributed by atoms with Gasteiger partial charge in [0.1, 0.15) is 0 Å². The Bertz CT molecular complexity index is 963. The summed E-state index contributed by atoms with van der Waals surface area (Å²) < 4.78 is 0. The third-order valence-corrected chi connectivity index (χ3v) is 5.61. The van der Waals surface area contributed by atoms with Crippen molar-refractivity contribution in [1.29, 1.82) is 5.26 Å². The van der Waals surface area contributed by atoms with Gasteiger partial charge in [0.25, 0.3) is 5.91 Å². The van der Waals surface area contributed by atoms with Crippen LogP contribution in [0.2, 0.25) is 0 Å². The number of nitrogens with zero attached hydrogens (tertiary/aromatic N) is 4. The summed E-state index contributed by atoms with van der Waals surface area (Å²) in [6, 6.07) is 26.6. The highest BCUT2D eigenvalue weighted by atomic mass is 16.2. The molecule has 0 radical (unpaired) electrons. The first-order valence-corrected chi connectivity index (χ1v) is 11.2. The number of nitriles is 1. The van der Waals surface area contributed by atoms with Gasteiger partial charge in [0.2, 0.25) is 0 Å². The maximum atomic E-state index is 13.1. The van der Waals surface area contributed by atoms with E-state index in [9.17, 15) is 10.1 Å². The van der Waals surface area contributed by atoms with Crippen LogP contribution in [0.1, 0.15) is 47.8 Å². The Kier molecular flexibility index (Phi) is 8.53. The first-order valence-electron chi connectivity index (χ1n) is 11.2. The van der Waals surface area contributed by atoms with Crippen molar-refractivity contribution in [1.82, 2.24) is 14.8 Å². The van der Waals surface area contributed by atoms with Gasteiger partial charge in [-0.15, -0.1) is 0 Å². The molecule has 0 saturated carbocycles. The van der Waals surface area contributed by atoms with Crippen LogP contribution in [0.5, 0.6) is 0 Å². The number of piperazine rings is 1. The molecule has 0 bridgehead atoms. The minimum Gasteiger partial charge on any atom is -0.332 e. The number of carbonyl (C=O) groups excluding carboxylic acids is 1. The van der Waals surface area contributed by atoms with E-state index in [1.807, 2.05) is 30.9 Å². The van der Waals surface area contributed by atoms with Crippen LogP contribution in [0, 0.1) is 11.3 Å². The van der Waals surface area contributed by atoms with E-state index in [1.165, 1.54) is 11.1 Å². The lowest BCUT2D eigenvalue weighted by molar-refractivity contribution is 0.0397. The molecule has 1 aliphatic rings. The maximum Gasteiger partial charge on any atom is 0.255 e. The lowest BCUT2D eigenvalue weighted by atomic mass is 9.95. The minimum atomic E-state index is -0.161. The van der Waals surface area contributed by atoms with Gasteiger partial charge in [0.15, 0.2) is 0 Å². The molecule has 3 aromatic rings. The van der Waals surface area contributed by atoms with Crippen molar-refractivity contribution in [3.8, 4) is 6.07 Å². The highest BCUT2D eigenvalue weighted by Gasteiger charge is 2.34. The summed E-state index contributed by atoms with van der Waals surface area (Å²) in [5, 5.41) is 9.43. The van der Waals surface area contributed by atoms with Crippen LogP contribution in [0.15, 0.2) is 85.2 Å². The van der Waals surface area contributed by atoms with Gasteiger partial charge in [0, 0.05) is 32.0 Å². The molecule has 4 rings (SSSR count). The van der Waals surface area contributed by atoms with E-state index >= 15 is 0 Å². The SMILES string of the molecule is CC.N#CCC1CN(C(c2ccccc2)c2ccccc2)CCN1C(=O)c1cccnc1. The average Bonchev–Trinajstić information content (AvgIpc) is 2.87. The van der Waals surface area contributed by atoms with Crippen molar-refractivity contribution in [2.75, 3.05) is 19.6 Å². The highest BCUT2D eigenvalue weighted by Crippen LogP contribution is 2.31. The molecule has 5 nitrogen and oxygen atoms in total. The molecule has 2 aromatic carbocycles. The molecule has 1 saturated heterocycles. The molecule has 1 atom stereocenters. The Balaban J connectivity index is 0.00000141. The Hall–Kier alpha value is -3.49. The monoisotopic (exact) mass is 426 g/mol. The van der Waals surface area contributed by atoms with Crippen LogP contribution in [0.25, 0.3) is 0 Å². The molecule has 32 heavy (non-hydrogen) atoms. The number of aromatic nitrogens is 1. The Labute approximate surface area is 190 Å². The van der Waals surface area contributed by atoms with Gasteiger partial charge in [0.05, 0.1) is 30.1 Å². The third-order valence-electron chi connectivity index (χ3n) is 5.61. The fourth-order valence-electron chi connectivity index (χ4n) is 4.20. The molecule has 1 fully saturated rings. The van der Waals surface area contributed by atoms with Gasteiger partial charge in [-0.3, -0.25) is 14.7 Å². The summed E-state index contributed by atoms with van der Waals surface area (Å²) in [6.07, 6.45) is 3.56. The van der Waals surface area contributed by atoms with E-state index in [0.717, 1.165) is 6.54 Å². The number of benzene rings is 2. The lowest BCUT2D eigenvalue weighted by Gasteiger charge is -2.44. The van der Waals surface area contributed by atoms with E-state index in [0.29, 0.717) is 25.1 Å². The number of carbonyl (C=O) groups is 1. The minimum absolute atomic E-state index is 0.0565. The second-order valence-electron chi connectivity index (χ2n) is 7.48. The predicted octanol–water partition coefficient (Wildman–Crippen LogP) is 4.94. The second kappa shape index (κ2) is 11.8. The maximum absolute atomic E-state index is 13.1. The summed E-state index contributed by atoms with van der Waals surface area (Å²) in [5.74, 6) is -0.0565. The van der Waals surface area contributed by atoms with Gasteiger partial charge in [-0.1, -0.05) is 74.5 Å². The van der Waals surface area contributed by atoms with E-state index in [-0.39, 0.29) is 18.0 Å². The number of hydrogen-bond donors (Lipinski definition) is 0. The molecule has 1 unspecified atom stereocenters. The Morgan fingerprint density at radius 1 is 1.00 bits per heavy atom. The summed E-state index contributed by atoms with van der Waals surface area (Å²) in [7, 11) is 0. The zero-order valence-electron chi connectivity index (χ0n) is 18.8. The summed E-state index contributed by atoms with van der Waals surface area (Å²) in [6.45, 7) is 5.96. The Morgan fingerprint density at radius 2 is 1.62 bits per heavy atom. The zero-order chi connectivity index (χ0) is 22.8.